The molecule has 0 spiro atoms. The zero-order valence-corrected chi connectivity index (χ0v) is 13.2. The number of halogens is 1. The van der Waals surface area contributed by atoms with Crippen molar-refractivity contribution in [2.75, 3.05) is 5.32 Å². The molecular formula is C16H13BrN4O. The molecule has 110 valence electrons. The van der Waals surface area contributed by atoms with E-state index in [-0.39, 0.29) is 5.91 Å². The molecule has 0 fully saturated rings. The monoisotopic (exact) mass is 356 g/mol. The van der Waals surface area contributed by atoms with E-state index in [0.717, 1.165) is 15.7 Å². The summed E-state index contributed by atoms with van der Waals surface area (Å²) in [6, 6.07) is 11.0. The molecule has 2 aromatic heterocycles. The van der Waals surface area contributed by atoms with Crippen molar-refractivity contribution in [3.63, 3.8) is 0 Å². The van der Waals surface area contributed by atoms with Gasteiger partial charge in [0.05, 0.1) is 17.2 Å². The van der Waals surface area contributed by atoms with Crippen molar-refractivity contribution in [2.45, 2.75) is 6.54 Å². The van der Waals surface area contributed by atoms with Crippen LogP contribution in [0.4, 0.5) is 5.69 Å². The Kier molecular flexibility index (Phi) is 4.29. The van der Waals surface area contributed by atoms with Crippen molar-refractivity contribution >= 4 is 27.5 Å². The van der Waals surface area contributed by atoms with E-state index in [1.165, 1.54) is 0 Å². The van der Waals surface area contributed by atoms with Gasteiger partial charge in [0.25, 0.3) is 5.91 Å². The van der Waals surface area contributed by atoms with Gasteiger partial charge in [-0.1, -0.05) is 12.1 Å². The molecule has 6 heteroatoms. The van der Waals surface area contributed by atoms with Crippen molar-refractivity contribution in [2.24, 2.45) is 0 Å². The van der Waals surface area contributed by atoms with E-state index < -0.39 is 0 Å². The van der Waals surface area contributed by atoms with Gasteiger partial charge in [-0.3, -0.25) is 14.5 Å². The number of amides is 1. The Balaban J connectivity index is 1.67. The van der Waals surface area contributed by atoms with Gasteiger partial charge in [0.1, 0.15) is 0 Å². The standard InChI is InChI=1S/C16H13BrN4O/c17-14-9-19-21(11-14)10-12-1-3-13(4-2-12)16(22)20-15-5-7-18-8-6-15/h1-9,11H,10H2,(H,18,20,22). The SMILES string of the molecule is O=C(Nc1ccncc1)c1ccc(Cn2cc(Br)cn2)cc1. The molecule has 0 unspecified atom stereocenters. The lowest BCUT2D eigenvalue weighted by Gasteiger charge is -2.06. The predicted molar refractivity (Wildman–Crippen MR) is 87.7 cm³/mol. The second kappa shape index (κ2) is 6.53. The molecule has 0 aliphatic rings. The van der Waals surface area contributed by atoms with Gasteiger partial charge in [0.15, 0.2) is 0 Å². The number of nitrogens with one attached hydrogen (secondary N) is 1. The molecule has 1 aromatic carbocycles. The van der Waals surface area contributed by atoms with Crippen LogP contribution in [0.3, 0.4) is 0 Å². The Labute approximate surface area is 136 Å². The number of pyridine rings is 1. The van der Waals surface area contributed by atoms with Crippen molar-refractivity contribution in [1.82, 2.24) is 14.8 Å². The summed E-state index contributed by atoms with van der Waals surface area (Å²) < 4.78 is 2.77. The topological polar surface area (TPSA) is 59.8 Å². The van der Waals surface area contributed by atoms with Crippen LogP contribution < -0.4 is 5.32 Å². The Morgan fingerprint density at radius 3 is 2.50 bits per heavy atom. The highest BCUT2D eigenvalue weighted by atomic mass is 79.9. The molecular weight excluding hydrogens is 344 g/mol. The van der Waals surface area contributed by atoms with E-state index in [0.29, 0.717) is 12.1 Å². The summed E-state index contributed by atoms with van der Waals surface area (Å²) in [6.07, 6.45) is 6.93. The highest BCUT2D eigenvalue weighted by Gasteiger charge is 2.06. The summed E-state index contributed by atoms with van der Waals surface area (Å²) in [5.41, 5.74) is 2.42. The van der Waals surface area contributed by atoms with Gasteiger partial charge in [-0.15, -0.1) is 0 Å². The van der Waals surface area contributed by atoms with Gasteiger partial charge in [0, 0.05) is 29.8 Å². The second-order valence-corrected chi connectivity index (χ2v) is 5.66. The third-order valence-electron chi connectivity index (χ3n) is 3.10. The van der Waals surface area contributed by atoms with Crippen LogP contribution in [-0.2, 0) is 6.54 Å². The van der Waals surface area contributed by atoms with Gasteiger partial charge in [-0.2, -0.15) is 5.10 Å². The number of hydrogen-bond donors (Lipinski definition) is 1. The number of carbonyl (C=O) groups excluding carboxylic acids is 1. The minimum absolute atomic E-state index is 0.139. The van der Waals surface area contributed by atoms with Crippen molar-refractivity contribution < 1.29 is 4.79 Å². The minimum Gasteiger partial charge on any atom is -0.322 e. The first-order valence-corrected chi connectivity index (χ1v) is 7.48. The largest absolute Gasteiger partial charge is 0.322 e. The minimum atomic E-state index is -0.139. The summed E-state index contributed by atoms with van der Waals surface area (Å²) in [7, 11) is 0. The van der Waals surface area contributed by atoms with Crippen molar-refractivity contribution in [3.8, 4) is 0 Å². The molecule has 0 radical (unpaired) electrons. The fraction of sp³-hybridized carbons (Fsp3) is 0.0625. The van der Waals surface area contributed by atoms with Gasteiger partial charge in [0.2, 0.25) is 0 Å². The maximum absolute atomic E-state index is 12.1. The summed E-state index contributed by atoms with van der Waals surface area (Å²) >= 11 is 3.37. The molecule has 0 aliphatic heterocycles. The normalized spacial score (nSPS) is 10.4. The highest BCUT2D eigenvalue weighted by molar-refractivity contribution is 9.10. The molecule has 0 bridgehead atoms. The Morgan fingerprint density at radius 1 is 1.14 bits per heavy atom. The summed E-state index contributed by atoms with van der Waals surface area (Å²) in [6.45, 7) is 0.665. The second-order valence-electron chi connectivity index (χ2n) is 4.74. The third-order valence-corrected chi connectivity index (χ3v) is 3.51. The molecule has 0 aliphatic carbocycles. The van der Waals surface area contributed by atoms with Gasteiger partial charge >= 0.3 is 0 Å². The zero-order valence-electron chi connectivity index (χ0n) is 11.6. The molecule has 22 heavy (non-hydrogen) atoms. The average molecular weight is 357 g/mol. The molecule has 5 nitrogen and oxygen atoms in total. The summed E-state index contributed by atoms with van der Waals surface area (Å²) in [4.78, 5) is 16.0. The van der Waals surface area contributed by atoms with E-state index in [4.69, 9.17) is 0 Å². The Hall–Kier alpha value is -2.47. The summed E-state index contributed by atoms with van der Waals surface area (Å²) in [5.74, 6) is -0.139. The van der Waals surface area contributed by atoms with Crippen LogP contribution in [0, 0.1) is 0 Å². The fourth-order valence-electron chi connectivity index (χ4n) is 2.01. The van der Waals surface area contributed by atoms with Crippen LogP contribution in [0.2, 0.25) is 0 Å². The first-order chi connectivity index (χ1) is 10.7. The van der Waals surface area contributed by atoms with Crippen LogP contribution in [0.25, 0.3) is 0 Å². The number of anilines is 1. The number of hydrogen-bond acceptors (Lipinski definition) is 3. The van der Waals surface area contributed by atoms with Crippen LogP contribution in [0.15, 0.2) is 65.7 Å². The van der Waals surface area contributed by atoms with E-state index in [1.54, 1.807) is 30.7 Å². The van der Waals surface area contributed by atoms with E-state index in [1.807, 2.05) is 35.1 Å². The maximum atomic E-state index is 12.1. The Bertz CT molecular complexity index is 768. The molecule has 0 atom stereocenters. The van der Waals surface area contributed by atoms with Crippen LogP contribution >= 0.6 is 15.9 Å². The Morgan fingerprint density at radius 2 is 1.86 bits per heavy atom. The number of nitrogens with zero attached hydrogens (tertiary/aromatic N) is 3. The number of carbonyl (C=O) groups is 1. The van der Waals surface area contributed by atoms with Crippen LogP contribution in [0.1, 0.15) is 15.9 Å². The highest BCUT2D eigenvalue weighted by Crippen LogP contribution is 2.12. The van der Waals surface area contributed by atoms with Crippen LogP contribution in [0.5, 0.6) is 0 Å². The first kappa shape index (κ1) is 14.5. The summed E-state index contributed by atoms with van der Waals surface area (Å²) in [5, 5.41) is 7.04. The molecule has 1 amide bonds. The lowest BCUT2D eigenvalue weighted by atomic mass is 10.1. The van der Waals surface area contributed by atoms with Crippen LogP contribution in [-0.4, -0.2) is 20.7 Å². The number of benzene rings is 1. The van der Waals surface area contributed by atoms with Gasteiger partial charge in [-0.25, -0.2) is 0 Å². The average Bonchev–Trinajstić information content (AvgIpc) is 2.94. The lowest BCUT2D eigenvalue weighted by Crippen LogP contribution is -2.12. The zero-order chi connectivity index (χ0) is 15.4. The fourth-order valence-corrected chi connectivity index (χ4v) is 2.34. The maximum Gasteiger partial charge on any atom is 0.255 e. The number of rotatable bonds is 4. The van der Waals surface area contributed by atoms with E-state index >= 15 is 0 Å². The molecule has 3 rings (SSSR count). The van der Waals surface area contributed by atoms with E-state index in [9.17, 15) is 4.79 Å². The third kappa shape index (κ3) is 3.59. The molecule has 3 aromatic rings. The first-order valence-electron chi connectivity index (χ1n) is 6.69. The van der Waals surface area contributed by atoms with Gasteiger partial charge < -0.3 is 5.32 Å². The van der Waals surface area contributed by atoms with E-state index in [2.05, 4.69) is 31.3 Å². The molecule has 0 saturated carbocycles. The van der Waals surface area contributed by atoms with Gasteiger partial charge in [-0.05, 0) is 45.8 Å². The van der Waals surface area contributed by atoms with Crippen molar-refractivity contribution in [1.29, 1.82) is 0 Å². The number of aromatic nitrogens is 3. The van der Waals surface area contributed by atoms with Crippen molar-refractivity contribution in [3.05, 3.63) is 76.8 Å². The lowest BCUT2D eigenvalue weighted by molar-refractivity contribution is 0.102. The molecule has 0 saturated heterocycles. The quantitative estimate of drug-likeness (QED) is 0.779. The predicted octanol–water partition coefficient (Wildman–Crippen LogP) is 3.34. The smallest absolute Gasteiger partial charge is 0.255 e. The molecule has 2 heterocycles. The molecule has 1 N–H and O–H groups in total.